The Morgan fingerprint density at radius 2 is 0.512 bits per heavy atom. The molecule has 0 spiro atoms. The van der Waals surface area contributed by atoms with Crippen LogP contribution < -0.4 is 0 Å². The van der Waals surface area contributed by atoms with Gasteiger partial charge in [-0.2, -0.15) is 52.7 Å². The number of hydrogen-bond donors (Lipinski definition) is 4. The van der Waals surface area contributed by atoms with Gasteiger partial charge in [0.25, 0.3) is 0 Å². The molecule has 4 unspecified atom stereocenters. The van der Waals surface area contributed by atoms with E-state index in [9.17, 15) is 71.9 Å². The molecular formula is C20H28F12O8Zr. The number of aliphatic carboxylic acids is 4. The van der Waals surface area contributed by atoms with Crippen LogP contribution in [0.1, 0.15) is 53.4 Å². The van der Waals surface area contributed by atoms with Gasteiger partial charge >= 0.3 is 48.6 Å². The van der Waals surface area contributed by atoms with Crippen LogP contribution >= 0.6 is 0 Å². The standard InChI is InChI=1S/4C5H7F3O2.Zr/c4*1-2-3(4(9)10)5(6,7)8;/h4*3H,2H2,1H3,(H,9,10);. The second kappa shape index (κ2) is 20.7. The number of rotatable bonds is 8. The molecule has 0 fully saturated rings. The van der Waals surface area contributed by atoms with Crippen molar-refractivity contribution in [2.75, 3.05) is 0 Å². The normalized spacial score (nSPS) is 14.4. The van der Waals surface area contributed by atoms with Gasteiger partial charge in [-0.1, -0.05) is 27.7 Å². The smallest absolute Gasteiger partial charge is 0.402 e. The summed E-state index contributed by atoms with van der Waals surface area (Å²) in [6.45, 7) is 4.75. The van der Waals surface area contributed by atoms with E-state index in [0.29, 0.717) is 0 Å². The molecule has 4 N–H and O–H groups in total. The Balaban J connectivity index is -0.000000139. The van der Waals surface area contributed by atoms with Crippen LogP contribution in [-0.4, -0.2) is 69.0 Å². The molecule has 0 saturated heterocycles. The van der Waals surface area contributed by atoms with Gasteiger partial charge in [0.15, 0.2) is 23.7 Å². The van der Waals surface area contributed by atoms with Gasteiger partial charge in [-0.15, -0.1) is 0 Å². The Labute approximate surface area is 244 Å². The molecule has 0 rings (SSSR count). The van der Waals surface area contributed by atoms with Crippen LogP contribution in [0.2, 0.25) is 0 Å². The average molecular weight is 716 g/mol. The molecule has 0 aromatic carbocycles. The van der Waals surface area contributed by atoms with Gasteiger partial charge in [-0.05, 0) is 25.7 Å². The van der Waals surface area contributed by atoms with Crippen LogP contribution in [0.3, 0.4) is 0 Å². The van der Waals surface area contributed by atoms with E-state index in [2.05, 4.69) is 0 Å². The minimum atomic E-state index is -4.61. The third-order valence-electron chi connectivity index (χ3n) is 4.41. The number of halogens is 12. The second-order valence-corrected chi connectivity index (χ2v) is 7.36. The monoisotopic (exact) mass is 714 g/mol. The van der Waals surface area contributed by atoms with Gasteiger partial charge < -0.3 is 20.4 Å². The van der Waals surface area contributed by atoms with Gasteiger partial charge in [0.2, 0.25) is 0 Å². The molecule has 0 aliphatic rings. The molecule has 21 heteroatoms. The van der Waals surface area contributed by atoms with E-state index in [0.717, 1.165) is 0 Å². The largest absolute Gasteiger partial charge is 0.481 e. The number of hydrogen-bond acceptors (Lipinski definition) is 4. The Morgan fingerprint density at radius 1 is 0.415 bits per heavy atom. The summed E-state index contributed by atoms with van der Waals surface area (Å²) in [7, 11) is 0. The number of carboxylic acids is 4. The Morgan fingerprint density at radius 3 is 0.512 bits per heavy atom. The fourth-order valence-electron chi connectivity index (χ4n) is 2.18. The maximum absolute atomic E-state index is 11.6. The van der Waals surface area contributed by atoms with Crippen molar-refractivity contribution in [1.29, 1.82) is 0 Å². The quantitative estimate of drug-likeness (QED) is 0.205. The van der Waals surface area contributed by atoms with E-state index < -0.39 is 97.9 Å². The predicted octanol–water partition coefficient (Wildman–Crippen LogP) is 6.64. The fraction of sp³-hybridized carbons (Fsp3) is 0.800. The predicted molar refractivity (Wildman–Crippen MR) is 110 cm³/mol. The third-order valence-corrected chi connectivity index (χ3v) is 4.41. The molecule has 0 aliphatic carbocycles. The van der Waals surface area contributed by atoms with Gasteiger partial charge in [0.05, 0.1) is 0 Å². The van der Waals surface area contributed by atoms with E-state index in [1.165, 1.54) is 27.7 Å². The molecule has 8 nitrogen and oxygen atoms in total. The first-order valence-corrected chi connectivity index (χ1v) is 10.7. The Hall–Kier alpha value is -2.08. The molecule has 0 radical (unpaired) electrons. The minimum absolute atomic E-state index is 0. The van der Waals surface area contributed by atoms with Crippen LogP contribution in [0, 0.1) is 23.7 Å². The molecule has 4 atom stereocenters. The van der Waals surface area contributed by atoms with Crippen LogP contribution in [-0.2, 0) is 45.4 Å². The van der Waals surface area contributed by atoms with Crippen LogP contribution in [0.25, 0.3) is 0 Å². The van der Waals surface area contributed by atoms with Crippen molar-refractivity contribution >= 4 is 23.9 Å². The second-order valence-electron chi connectivity index (χ2n) is 7.36. The average Bonchev–Trinajstić information content (AvgIpc) is 2.65. The SMILES string of the molecule is CCC(C(=O)O)C(F)(F)F.CCC(C(=O)O)C(F)(F)F.CCC(C(=O)O)C(F)(F)F.CCC(C(=O)O)C(F)(F)F.[Zr]. The summed E-state index contributed by atoms with van der Waals surface area (Å²) in [6.07, 6.45) is -20.1. The molecule has 0 aromatic heterocycles. The summed E-state index contributed by atoms with van der Waals surface area (Å²) in [6, 6.07) is 0. The molecule has 0 aliphatic heterocycles. The third kappa shape index (κ3) is 23.2. The van der Waals surface area contributed by atoms with Gasteiger partial charge in [-0.25, -0.2) is 0 Å². The van der Waals surface area contributed by atoms with E-state index in [4.69, 9.17) is 20.4 Å². The molecule has 0 amide bonds. The topological polar surface area (TPSA) is 149 Å². The number of carboxylic acid groups (broad SMARTS) is 4. The first-order valence-electron chi connectivity index (χ1n) is 10.7. The zero-order chi connectivity index (χ0) is 33.4. The molecule has 0 bridgehead atoms. The summed E-state index contributed by atoms with van der Waals surface area (Å²) in [5.41, 5.74) is 0. The van der Waals surface area contributed by atoms with E-state index in [-0.39, 0.29) is 26.2 Å². The molecular weight excluding hydrogens is 687 g/mol. The Bertz CT molecular complexity index is 652. The van der Waals surface area contributed by atoms with Gasteiger partial charge in [-0.3, -0.25) is 19.2 Å². The van der Waals surface area contributed by atoms with Gasteiger partial charge in [0, 0.05) is 26.2 Å². The van der Waals surface area contributed by atoms with Crippen molar-refractivity contribution in [3.8, 4) is 0 Å². The molecule has 0 aromatic rings. The van der Waals surface area contributed by atoms with E-state index >= 15 is 0 Å². The maximum atomic E-state index is 11.6. The van der Waals surface area contributed by atoms with Crippen LogP contribution in [0.15, 0.2) is 0 Å². The zero-order valence-electron chi connectivity index (χ0n) is 21.6. The zero-order valence-corrected chi connectivity index (χ0v) is 24.1. The molecule has 244 valence electrons. The van der Waals surface area contributed by atoms with Crippen LogP contribution in [0.5, 0.6) is 0 Å². The number of alkyl halides is 12. The van der Waals surface area contributed by atoms with Crippen molar-refractivity contribution in [3.63, 3.8) is 0 Å². The summed E-state index contributed by atoms with van der Waals surface area (Å²) in [5.74, 6) is -16.1. The summed E-state index contributed by atoms with van der Waals surface area (Å²) in [4.78, 5) is 39.4. The number of carbonyl (C=O) groups is 4. The summed E-state index contributed by atoms with van der Waals surface area (Å²) < 4.78 is 139. The maximum Gasteiger partial charge on any atom is 0.402 e. The fourth-order valence-corrected chi connectivity index (χ4v) is 2.18. The van der Waals surface area contributed by atoms with Crippen molar-refractivity contribution in [1.82, 2.24) is 0 Å². The molecule has 41 heavy (non-hydrogen) atoms. The first-order chi connectivity index (χ1) is 17.6. The summed E-state index contributed by atoms with van der Waals surface area (Å²) in [5, 5.41) is 32.0. The van der Waals surface area contributed by atoms with Gasteiger partial charge in [0.1, 0.15) is 0 Å². The first kappa shape index (κ1) is 48.6. The summed E-state index contributed by atoms with van der Waals surface area (Å²) >= 11 is 0. The molecule has 0 heterocycles. The molecule has 0 saturated carbocycles. The van der Waals surface area contributed by atoms with E-state index in [1.54, 1.807) is 0 Å². The van der Waals surface area contributed by atoms with E-state index in [1.807, 2.05) is 0 Å². The van der Waals surface area contributed by atoms with Crippen LogP contribution in [0.4, 0.5) is 52.7 Å². The minimum Gasteiger partial charge on any atom is -0.481 e. The van der Waals surface area contributed by atoms with Crippen molar-refractivity contribution in [3.05, 3.63) is 0 Å². The Kier molecular flexibility index (Phi) is 24.6. The van der Waals surface area contributed by atoms with Crippen molar-refractivity contribution < 1.29 is 118 Å². The van der Waals surface area contributed by atoms with Crippen molar-refractivity contribution in [2.45, 2.75) is 78.1 Å². The van der Waals surface area contributed by atoms with Crippen molar-refractivity contribution in [2.24, 2.45) is 23.7 Å².